The first-order chi connectivity index (χ1) is 9.70. The predicted molar refractivity (Wildman–Crippen MR) is 77.7 cm³/mol. The molecule has 112 valence electrons. The maximum Gasteiger partial charge on any atom is 0.326 e. The number of carbonyl (C=O) groups is 1. The summed E-state index contributed by atoms with van der Waals surface area (Å²) in [5.74, 6) is -0.121. The van der Waals surface area contributed by atoms with E-state index in [1.807, 2.05) is 6.92 Å². The highest BCUT2D eigenvalue weighted by Gasteiger charge is 2.46. The number of rotatable bonds is 7. The molecule has 2 atom stereocenters. The molecule has 0 spiro atoms. The molecule has 5 nitrogen and oxygen atoms in total. The lowest BCUT2D eigenvalue weighted by Gasteiger charge is -2.28. The summed E-state index contributed by atoms with van der Waals surface area (Å²) >= 11 is 1.60. The van der Waals surface area contributed by atoms with Crippen LogP contribution in [0, 0.1) is 0 Å². The first kappa shape index (κ1) is 15.4. The molecule has 1 aliphatic rings. The first-order valence-corrected chi connectivity index (χ1v) is 8.06. The molecule has 1 fully saturated rings. The summed E-state index contributed by atoms with van der Waals surface area (Å²) in [4.78, 5) is 16.4. The van der Waals surface area contributed by atoms with Gasteiger partial charge in [0.15, 0.2) is 0 Å². The number of hydrogen-bond acceptors (Lipinski definition) is 6. The number of aromatic nitrogens is 1. The summed E-state index contributed by atoms with van der Waals surface area (Å²) in [7, 11) is 0. The fourth-order valence-electron chi connectivity index (χ4n) is 2.56. The molecule has 1 aromatic rings. The van der Waals surface area contributed by atoms with Crippen molar-refractivity contribution >= 4 is 17.7 Å². The van der Waals surface area contributed by atoms with E-state index in [2.05, 4.69) is 17.2 Å². The number of nitrogens with zero attached hydrogens (tertiary/aromatic N) is 1. The third-order valence-electron chi connectivity index (χ3n) is 3.53. The second kappa shape index (κ2) is 7.13. The normalized spacial score (nSPS) is 25.8. The molecule has 6 heteroatoms. The Morgan fingerprint density at radius 1 is 1.65 bits per heavy atom. The average Bonchev–Trinajstić information content (AvgIpc) is 3.08. The van der Waals surface area contributed by atoms with Crippen molar-refractivity contribution in [2.45, 2.75) is 55.5 Å². The van der Waals surface area contributed by atoms with Crippen LogP contribution in [0.25, 0.3) is 0 Å². The highest BCUT2D eigenvalue weighted by molar-refractivity contribution is 7.99. The molecule has 1 heterocycles. The zero-order chi connectivity index (χ0) is 14.4. The molecule has 0 bridgehead atoms. The number of esters is 1. The Morgan fingerprint density at radius 3 is 3.15 bits per heavy atom. The summed E-state index contributed by atoms with van der Waals surface area (Å²) in [6, 6.07) is 0. The van der Waals surface area contributed by atoms with Gasteiger partial charge in [-0.1, -0.05) is 18.7 Å². The van der Waals surface area contributed by atoms with E-state index in [1.165, 1.54) is 0 Å². The Kier molecular flexibility index (Phi) is 5.48. The number of oxazole rings is 1. The largest absolute Gasteiger partial charge is 0.465 e. The summed E-state index contributed by atoms with van der Waals surface area (Å²) in [5.41, 5.74) is -0.531. The van der Waals surface area contributed by atoms with Gasteiger partial charge in [0.2, 0.25) is 0 Å². The van der Waals surface area contributed by atoms with Crippen LogP contribution in [0.3, 0.4) is 0 Å². The molecular formula is C14H22N2O3S. The van der Waals surface area contributed by atoms with Crippen molar-refractivity contribution in [3.8, 4) is 0 Å². The van der Waals surface area contributed by atoms with Gasteiger partial charge in [0.1, 0.15) is 11.8 Å². The lowest BCUT2D eigenvalue weighted by atomic mass is 9.97. The van der Waals surface area contributed by atoms with Crippen molar-refractivity contribution in [2.24, 2.45) is 0 Å². The maximum atomic E-state index is 12.3. The van der Waals surface area contributed by atoms with Gasteiger partial charge in [-0.3, -0.25) is 4.79 Å². The molecule has 1 aliphatic carbocycles. The lowest BCUT2D eigenvalue weighted by molar-refractivity contribution is -0.151. The van der Waals surface area contributed by atoms with Gasteiger partial charge < -0.3 is 14.5 Å². The van der Waals surface area contributed by atoms with E-state index in [-0.39, 0.29) is 5.97 Å². The van der Waals surface area contributed by atoms with Crippen LogP contribution in [0.15, 0.2) is 22.1 Å². The predicted octanol–water partition coefficient (Wildman–Crippen LogP) is 2.62. The molecule has 0 saturated heterocycles. The molecule has 1 saturated carbocycles. The second-order valence-electron chi connectivity index (χ2n) is 5.01. The molecule has 2 rings (SSSR count). The molecule has 1 N–H and O–H groups in total. The van der Waals surface area contributed by atoms with Crippen LogP contribution < -0.4 is 5.32 Å². The molecule has 0 aromatic carbocycles. The van der Waals surface area contributed by atoms with Crippen molar-refractivity contribution in [1.29, 1.82) is 0 Å². The van der Waals surface area contributed by atoms with E-state index in [1.54, 1.807) is 24.2 Å². The van der Waals surface area contributed by atoms with E-state index in [9.17, 15) is 4.79 Å². The molecule has 0 amide bonds. The van der Waals surface area contributed by atoms with E-state index in [0.717, 1.165) is 32.2 Å². The standard InChI is InChI=1S/C14H22N2O3S/c1-3-7-16-14(12(17)18-4-2)6-5-11(10-14)20-13-15-8-9-19-13/h8-9,11,16H,3-7,10H2,1-2H3. The lowest BCUT2D eigenvalue weighted by Crippen LogP contribution is -2.51. The van der Waals surface area contributed by atoms with Gasteiger partial charge in [0.25, 0.3) is 5.22 Å². The highest BCUT2D eigenvalue weighted by atomic mass is 32.2. The van der Waals surface area contributed by atoms with Crippen LogP contribution in [-0.2, 0) is 9.53 Å². The zero-order valence-corrected chi connectivity index (χ0v) is 12.9. The Hall–Kier alpha value is -1.01. The second-order valence-corrected chi connectivity index (χ2v) is 6.26. The van der Waals surface area contributed by atoms with Gasteiger partial charge >= 0.3 is 5.97 Å². The first-order valence-electron chi connectivity index (χ1n) is 7.18. The number of nitrogens with one attached hydrogen (secondary N) is 1. The Bertz CT molecular complexity index is 424. The van der Waals surface area contributed by atoms with Crippen molar-refractivity contribution in [1.82, 2.24) is 10.3 Å². The average molecular weight is 298 g/mol. The highest BCUT2D eigenvalue weighted by Crippen LogP contribution is 2.40. The van der Waals surface area contributed by atoms with Crippen LogP contribution in [0.2, 0.25) is 0 Å². The van der Waals surface area contributed by atoms with Crippen molar-refractivity contribution < 1.29 is 13.9 Å². The van der Waals surface area contributed by atoms with Gasteiger partial charge in [-0.25, -0.2) is 4.98 Å². The Morgan fingerprint density at radius 2 is 2.50 bits per heavy atom. The Labute approximate surface area is 123 Å². The third kappa shape index (κ3) is 3.55. The van der Waals surface area contributed by atoms with Gasteiger partial charge in [0.05, 0.1) is 12.8 Å². The van der Waals surface area contributed by atoms with Gasteiger partial charge in [-0.2, -0.15) is 0 Å². The van der Waals surface area contributed by atoms with Crippen molar-refractivity contribution in [3.05, 3.63) is 12.5 Å². The van der Waals surface area contributed by atoms with Crippen molar-refractivity contribution in [2.75, 3.05) is 13.2 Å². The van der Waals surface area contributed by atoms with Gasteiger partial charge in [-0.05, 0) is 39.2 Å². The minimum atomic E-state index is -0.531. The van der Waals surface area contributed by atoms with E-state index in [4.69, 9.17) is 9.15 Å². The zero-order valence-electron chi connectivity index (χ0n) is 12.1. The third-order valence-corrected chi connectivity index (χ3v) is 4.66. The van der Waals surface area contributed by atoms with Gasteiger partial charge in [-0.15, -0.1) is 0 Å². The SMILES string of the molecule is CCCNC1(C(=O)OCC)CCC(Sc2ncco2)C1. The van der Waals surface area contributed by atoms with Gasteiger partial charge in [0, 0.05) is 5.25 Å². The number of hydrogen-bond donors (Lipinski definition) is 1. The van der Waals surface area contributed by atoms with Crippen LogP contribution >= 0.6 is 11.8 Å². The van der Waals surface area contributed by atoms with Crippen LogP contribution in [0.1, 0.15) is 39.5 Å². The topological polar surface area (TPSA) is 64.4 Å². The monoisotopic (exact) mass is 298 g/mol. The molecule has 2 unspecified atom stereocenters. The minimum absolute atomic E-state index is 0.121. The Balaban J connectivity index is 2.00. The molecule has 0 aliphatic heterocycles. The summed E-state index contributed by atoms with van der Waals surface area (Å²) in [6.45, 7) is 5.19. The van der Waals surface area contributed by atoms with E-state index in [0.29, 0.717) is 17.1 Å². The minimum Gasteiger partial charge on any atom is -0.465 e. The molecule has 20 heavy (non-hydrogen) atoms. The molecular weight excluding hydrogens is 276 g/mol. The fraction of sp³-hybridized carbons (Fsp3) is 0.714. The van der Waals surface area contributed by atoms with E-state index >= 15 is 0 Å². The maximum absolute atomic E-state index is 12.3. The van der Waals surface area contributed by atoms with Crippen LogP contribution in [-0.4, -0.2) is 34.9 Å². The summed E-state index contributed by atoms with van der Waals surface area (Å²) < 4.78 is 10.5. The number of carbonyl (C=O) groups excluding carboxylic acids is 1. The summed E-state index contributed by atoms with van der Waals surface area (Å²) in [5, 5.41) is 4.41. The van der Waals surface area contributed by atoms with E-state index < -0.39 is 5.54 Å². The number of ether oxygens (including phenoxy) is 1. The smallest absolute Gasteiger partial charge is 0.326 e. The van der Waals surface area contributed by atoms with Crippen LogP contribution in [0.4, 0.5) is 0 Å². The summed E-state index contributed by atoms with van der Waals surface area (Å²) in [6.07, 6.45) is 6.75. The van der Waals surface area contributed by atoms with Crippen LogP contribution in [0.5, 0.6) is 0 Å². The van der Waals surface area contributed by atoms with Crippen molar-refractivity contribution in [3.63, 3.8) is 0 Å². The fourth-order valence-corrected chi connectivity index (χ4v) is 3.69. The molecule has 1 aromatic heterocycles. The number of thioether (sulfide) groups is 1. The quantitative estimate of drug-likeness (QED) is 0.781. The molecule has 0 radical (unpaired) electrons.